The van der Waals surface area contributed by atoms with Crippen LogP contribution in [0.1, 0.15) is 28.7 Å². The van der Waals surface area contributed by atoms with Crippen molar-refractivity contribution in [2.75, 3.05) is 7.11 Å². The Morgan fingerprint density at radius 3 is 2.46 bits per heavy atom. The molecule has 0 saturated carbocycles. The largest absolute Gasteiger partial charge is 0.489 e. The second-order valence-corrected chi connectivity index (χ2v) is 8.58. The number of benzene rings is 3. The van der Waals surface area contributed by atoms with Crippen molar-refractivity contribution in [1.82, 2.24) is 0 Å². The average molecular weight is 453 g/mol. The van der Waals surface area contributed by atoms with Crippen molar-refractivity contribution in [2.24, 2.45) is 0 Å². The predicted octanol–water partition coefficient (Wildman–Crippen LogP) is 7.02. The van der Waals surface area contributed by atoms with Crippen LogP contribution in [0.4, 0.5) is 0 Å². The lowest BCUT2D eigenvalue weighted by Crippen LogP contribution is -2.05. The zero-order valence-corrected chi connectivity index (χ0v) is 18.1. The van der Waals surface area contributed by atoms with Crippen LogP contribution in [-0.2, 0) is 17.2 Å². The van der Waals surface area contributed by atoms with E-state index in [9.17, 15) is 0 Å². The Bertz CT molecular complexity index is 981. The van der Waals surface area contributed by atoms with E-state index < -0.39 is 0 Å². The molecule has 4 rings (SSSR count). The van der Waals surface area contributed by atoms with Gasteiger partial charge < -0.3 is 8.92 Å². The third-order valence-electron chi connectivity index (χ3n) is 4.80. The molecule has 0 N–H and O–H groups in total. The van der Waals surface area contributed by atoms with Crippen LogP contribution in [0.2, 0.25) is 0 Å². The average Bonchev–Trinajstić information content (AvgIpc) is 2.74. The van der Waals surface area contributed by atoms with Gasteiger partial charge in [0.15, 0.2) is 0 Å². The first kappa shape index (κ1) is 19.3. The van der Waals surface area contributed by atoms with Crippen LogP contribution >= 0.6 is 28.0 Å². The Morgan fingerprint density at radius 1 is 0.929 bits per heavy atom. The molecule has 0 radical (unpaired) electrons. The molecule has 1 aliphatic carbocycles. The zero-order chi connectivity index (χ0) is 19.3. The van der Waals surface area contributed by atoms with Gasteiger partial charge in [0.1, 0.15) is 12.4 Å². The van der Waals surface area contributed by atoms with Crippen molar-refractivity contribution >= 4 is 33.5 Å². The van der Waals surface area contributed by atoms with E-state index in [1.807, 2.05) is 18.2 Å². The topological polar surface area (TPSA) is 18.5 Å². The molecule has 0 amide bonds. The van der Waals surface area contributed by atoms with Crippen LogP contribution in [0.3, 0.4) is 0 Å². The van der Waals surface area contributed by atoms with Crippen LogP contribution in [0.25, 0.3) is 5.57 Å². The molecule has 3 aromatic rings. The maximum absolute atomic E-state index is 6.02. The number of allylic oxidation sites excluding steroid dienone is 1. The van der Waals surface area contributed by atoms with E-state index in [0.717, 1.165) is 23.5 Å². The summed E-state index contributed by atoms with van der Waals surface area (Å²) in [5.41, 5.74) is 6.27. The number of hydrogen-bond acceptors (Lipinski definition) is 3. The van der Waals surface area contributed by atoms with E-state index in [4.69, 9.17) is 8.92 Å². The highest BCUT2D eigenvalue weighted by Crippen LogP contribution is 2.40. The predicted molar refractivity (Wildman–Crippen MR) is 120 cm³/mol. The molecule has 0 unspecified atom stereocenters. The molecular formula is C24H21BrO2S. The van der Waals surface area contributed by atoms with Gasteiger partial charge in [0.05, 0.1) is 7.11 Å². The smallest absolute Gasteiger partial charge is 0.120 e. The molecule has 0 atom stereocenters. The van der Waals surface area contributed by atoms with Gasteiger partial charge in [-0.05, 0) is 64.9 Å². The lowest BCUT2D eigenvalue weighted by molar-refractivity contribution is 0.306. The summed E-state index contributed by atoms with van der Waals surface area (Å²) < 4.78 is 12.4. The summed E-state index contributed by atoms with van der Waals surface area (Å²) in [5.74, 6) is 0.923. The fourth-order valence-corrected chi connectivity index (χ4v) is 4.53. The van der Waals surface area contributed by atoms with E-state index >= 15 is 0 Å². The number of aryl methyl sites for hydroxylation is 1. The Morgan fingerprint density at radius 2 is 1.71 bits per heavy atom. The molecule has 28 heavy (non-hydrogen) atoms. The third kappa shape index (κ3) is 4.35. The third-order valence-corrected chi connectivity index (χ3v) is 6.23. The van der Waals surface area contributed by atoms with Gasteiger partial charge in [-0.2, -0.15) is 0 Å². The van der Waals surface area contributed by atoms with E-state index in [1.54, 1.807) is 7.11 Å². The highest BCUT2D eigenvalue weighted by Gasteiger charge is 2.19. The van der Waals surface area contributed by atoms with E-state index in [-0.39, 0.29) is 0 Å². The van der Waals surface area contributed by atoms with Gasteiger partial charge in [-0.3, -0.25) is 0 Å². The molecule has 3 aromatic carbocycles. The molecule has 0 heterocycles. The van der Waals surface area contributed by atoms with Gasteiger partial charge in [0, 0.05) is 21.4 Å². The summed E-state index contributed by atoms with van der Waals surface area (Å²) in [4.78, 5) is 1.10. The molecule has 0 aliphatic heterocycles. The molecular weight excluding hydrogens is 432 g/mol. The summed E-state index contributed by atoms with van der Waals surface area (Å²) in [6.45, 7) is 0.588. The number of fused-ring (bicyclic) bond motifs is 1. The van der Waals surface area contributed by atoms with Gasteiger partial charge in [-0.1, -0.05) is 64.5 Å². The fraction of sp³-hybridized carbons (Fsp3) is 0.167. The first-order chi connectivity index (χ1) is 13.7. The minimum atomic E-state index is 0.588. The van der Waals surface area contributed by atoms with Crippen molar-refractivity contribution in [3.8, 4) is 5.75 Å². The quantitative estimate of drug-likeness (QED) is 0.374. The van der Waals surface area contributed by atoms with E-state index in [0.29, 0.717) is 6.61 Å². The van der Waals surface area contributed by atoms with Crippen molar-refractivity contribution in [3.63, 3.8) is 0 Å². The van der Waals surface area contributed by atoms with Crippen LogP contribution < -0.4 is 4.74 Å². The van der Waals surface area contributed by atoms with Gasteiger partial charge in [0.2, 0.25) is 0 Å². The number of halogens is 1. The van der Waals surface area contributed by atoms with Crippen LogP contribution in [0, 0.1) is 0 Å². The summed E-state index contributed by atoms with van der Waals surface area (Å²) in [7, 11) is 1.69. The molecule has 4 heteroatoms. The molecule has 0 aromatic heterocycles. The van der Waals surface area contributed by atoms with E-state index in [1.165, 1.54) is 44.4 Å². The molecule has 142 valence electrons. The van der Waals surface area contributed by atoms with Gasteiger partial charge in [0.25, 0.3) is 0 Å². The maximum atomic E-state index is 6.02. The first-order valence-electron chi connectivity index (χ1n) is 9.24. The number of ether oxygens (including phenoxy) is 1. The van der Waals surface area contributed by atoms with E-state index in [2.05, 4.69) is 70.5 Å². The molecule has 0 saturated heterocycles. The van der Waals surface area contributed by atoms with Crippen LogP contribution in [0.5, 0.6) is 5.75 Å². The number of rotatable bonds is 6. The molecule has 2 nitrogen and oxygen atoms in total. The van der Waals surface area contributed by atoms with Gasteiger partial charge in [-0.25, -0.2) is 0 Å². The van der Waals surface area contributed by atoms with Crippen molar-refractivity contribution < 1.29 is 8.92 Å². The second kappa shape index (κ2) is 8.99. The van der Waals surface area contributed by atoms with Crippen molar-refractivity contribution in [2.45, 2.75) is 24.3 Å². The minimum Gasteiger partial charge on any atom is -0.489 e. The lowest BCUT2D eigenvalue weighted by Gasteiger charge is -2.22. The SMILES string of the molecule is COSc1ccc(C2=C(Br)CCc3cc(OCc4ccccc4)ccc32)cc1. The molecule has 0 spiro atoms. The van der Waals surface area contributed by atoms with Gasteiger partial charge in [-0.15, -0.1) is 0 Å². The molecule has 0 bridgehead atoms. The molecule has 1 aliphatic rings. The summed E-state index contributed by atoms with van der Waals surface area (Å²) >= 11 is 5.19. The normalized spacial score (nSPS) is 13.4. The molecule has 0 fully saturated rings. The highest BCUT2D eigenvalue weighted by atomic mass is 79.9. The monoisotopic (exact) mass is 452 g/mol. The van der Waals surface area contributed by atoms with Crippen LogP contribution in [-0.4, -0.2) is 7.11 Å². The summed E-state index contributed by atoms with van der Waals surface area (Å²) in [6.07, 6.45) is 2.01. The second-order valence-electron chi connectivity index (χ2n) is 6.65. The zero-order valence-electron chi connectivity index (χ0n) is 15.7. The van der Waals surface area contributed by atoms with Crippen LogP contribution in [0.15, 0.2) is 82.2 Å². The Labute approximate surface area is 178 Å². The van der Waals surface area contributed by atoms with Crippen molar-refractivity contribution in [3.05, 3.63) is 99.5 Å². The Balaban J connectivity index is 1.58. The van der Waals surface area contributed by atoms with Gasteiger partial charge >= 0.3 is 0 Å². The summed E-state index contributed by atoms with van der Waals surface area (Å²) in [6, 6.07) is 25.2. The Kier molecular flexibility index (Phi) is 6.20. The first-order valence-corrected chi connectivity index (χ1v) is 10.8. The summed E-state index contributed by atoms with van der Waals surface area (Å²) in [5, 5.41) is 0. The lowest BCUT2D eigenvalue weighted by atomic mass is 9.87. The number of hydrogen-bond donors (Lipinski definition) is 0. The highest BCUT2D eigenvalue weighted by molar-refractivity contribution is 9.11. The Hall–Kier alpha value is -2.01. The fourth-order valence-electron chi connectivity index (χ4n) is 3.45. The van der Waals surface area contributed by atoms with Crippen molar-refractivity contribution in [1.29, 1.82) is 0 Å². The maximum Gasteiger partial charge on any atom is 0.120 e. The standard InChI is InChI=1S/C24H21BrO2S/c1-26-28-21-11-7-18(8-12-21)24-22-13-10-20(15-19(22)9-14-23(24)25)27-16-17-5-3-2-4-6-17/h2-8,10-13,15H,9,14,16H2,1H3. The minimum absolute atomic E-state index is 0.588.